The van der Waals surface area contributed by atoms with E-state index in [4.69, 9.17) is 31.8 Å². The van der Waals surface area contributed by atoms with Crippen LogP contribution in [0.15, 0.2) is 48.5 Å². The first-order chi connectivity index (χ1) is 19.0. The zero-order valence-electron chi connectivity index (χ0n) is 23.3. The number of hydrogen-bond acceptors (Lipinski definition) is 7. The Morgan fingerprint density at radius 3 is 2.38 bits per heavy atom. The fourth-order valence-corrected chi connectivity index (χ4v) is 5.20. The smallest absolute Gasteiger partial charge is 0.306 e. The molecule has 1 saturated heterocycles. The molecular formula is C30H35ClN4O5. The topological polar surface area (TPSA) is 115 Å². The molecule has 1 aliphatic heterocycles. The lowest BCUT2D eigenvalue weighted by Crippen LogP contribution is -2.50. The van der Waals surface area contributed by atoms with E-state index in [-0.39, 0.29) is 35.8 Å². The Hall–Kier alpha value is -3.85. The van der Waals surface area contributed by atoms with Crippen LogP contribution in [0.25, 0.3) is 10.9 Å². The number of carbonyl (C=O) groups excluding carboxylic acids is 3. The van der Waals surface area contributed by atoms with Crippen LogP contribution in [-0.2, 0) is 14.3 Å². The lowest BCUT2D eigenvalue weighted by Gasteiger charge is -2.37. The second-order valence-electron chi connectivity index (χ2n) is 10.8. The van der Waals surface area contributed by atoms with E-state index >= 15 is 0 Å². The largest absolute Gasteiger partial charge is 0.495 e. The van der Waals surface area contributed by atoms with Gasteiger partial charge in [-0.2, -0.15) is 0 Å². The van der Waals surface area contributed by atoms with Gasteiger partial charge in [-0.15, -0.1) is 0 Å². The minimum atomic E-state index is -0.911. The molecule has 40 heavy (non-hydrogen) atoms. The number of nitrogens with zero attached hydrogens (tertiary/aromatic N) is 3. The average molecular weight is 567 g/mol. The second-order valence-corrected chi connectivity index (χ2v) is 11.2. The Kier molecular flexibility index (Phi) is 8.83. The van der Waals surface area contributed by atoms with Gasteiger partial charge in [0, 0.05) is 48.7 Å². The zero-order valence-corrected chi connectivity index (χ0v) is 24.0. The SMILES string of the molecule is COc1c(C(N)=O)c(C(CCC(=O)OC(C)(C)C)C(=O)N2CCN(c3cccc(Cl)c3)CC2)nc2ccccc12. The Morgan fingerprint density at radius 1 is 1.05 bits per heavy atom. The summed E-state index contributed by atoms with van der Waals surface area (Å²) in [5.41, 5.74) is 6.95. The van der Waals surface area contributed by atoms with Gasteiger partial charge in [-0.3, -0.25) is 19.4 Å². The van der Waals surface area contributed by atoms with E-state index in [9.17, 15) is 14.4 Å². The highest BCUT2D eigenvalue weighted by molar-refractivity contribution is 6.30. The maximum Gasteiger partial charge on any atom is 0.306 e. The minimum absolute atomic E-state index is 0.0365. The van der Waals surface area contributed by atoms with Gasteiger partial charge in [0.15, 0.2) is 0 Å². The molecule has 0 radical (unpaired) electrons. The molecule has 2 heterocycles. The summed E-state index contributed by atoms with van der Waals surface area (Å²) in [6, 6.07) is 14.8. The molecule has 1 unspecified atom stereocenters. The molecule has 212 valence electrons. The molecule has 0 bridgehead atoms. The first kappa shape index (κ1) is 29.1. The third-order valence-corrected chi connectivity index (χ3v) is 7.01. The van der Waals surface area contributed by atoms with Gasteiger partial charge in [0.05, 0.1) is 24.2 Å². The molecule has 1 aliphatic rings. The number of nitrogens with two attached hydrogens (primary N) is 1. The molecule has 2 aromatic carbocycles. The van der Waals surface area contributed by atoms with Gasteiger partial charge in [-0.25, -0.2) is 0 Å². The molecule has 9 nitrogen and oxygen atoms in total. The highest BCUT2D eigenvalue weighted by atomic mass is 35.5. The molecule has 1 atom stereocenters. The number of anilines is 1. The molecule has 3 aromatic rings. The Morgan fingerprint density at radius 2 is 1.75 bits per heavy atom. The average Bonchev–Trinajstić information content (AvgIpc) is 2.91. The number of rotatable bonds is 8. The first-order valence-corrected chi connectivity index (χ1v) is 13.6. The van der Waals surface area contributed by atoms with Crippen LogP contribution in [0.2, 0.25) is 5.02 Å². The first-order valence-electron chi connectivity index (χ1n) is 13.3. The van der Waals surface area contributed by atoms with Gasteiger partial charge in [-0.1, -0.05) is 29.8 Å². The summed E-state index contributed by atoms with van der Waals surface area (Å²) in [5.74, 6) is -2.09. The van der Waals surface area contributed by atoms with E-state index in [0.717, 1.165) is 5.69 Å². The number of aromatic nitrogens is 1. The second kappa shape index (κ2) is 12.1. The van der Waals surface area contributed by atoms with Crippen molar-refractivity contribution in [3.05, 3.63) is 64.8 Å². The van der Waals surface area contributed by atoms with Crippen molar-refractivity contribution in [1.82, 2.24) is 9.88 Å². The van der Waals surface area contributed by atoms with Gasteiger partial charge in [0.25, 0.3) is 5.91 Å². The summed E-state index contributed by atoms with van der Waals surface area (Å²) < 4.78 is 11.1. The minimum Gasteiger partial charge on any atom is -0.495 e. The monoisotopic (exact) mass is 566 g/mol. The number of carbonyl (C=O) groups is 3. The van der Waals surface area contributed by atoms with Crippen molar-refractivity contribution in [2.24, 2.45) is 5.73 Å². The Bertz CT molecular complexity index is 1410. The van der Waals surface area contributed by atoms with Crippen LogP contribution in [0.1, 0.15) is 55.6 Å². The predicted molar refractivity (Wildman–Crippen MR) is 155 cm³/mol. The number of primary amides is 1. The Balaban J connectivity index is 1.68. The summed E-state index contributed by atoms with van der Waals surface area (Å²) in [7, 11) is 1.45. The molecule has 1 aromatic heterocycles. The summed E-state index contributed by atoms with van der Waals surface area (Å²) in [5, 5.41) is 1.25. The van der Waals surface area contributed by atoms with Crippen LogP contribution in [0, 0.1) is 0 Å². The normalized spacial score (nSPS) is 14.6. The van der Waals surface area contributed by atoms with Crippen molar-refractivity contribution >= 4 is 46.0 Å². The molecule has 1 fully saturated rings. The maximum atomic E-state index is 14.1. The quantitative estimate of drug-likeness (QED) is 0.398. The van der Waals surface area contributed by atoms with Crippen molar-refractivity contribution in [3.63, 3.8) is 0 Å². The summed E-state index contributed by atoms with van der Waals surface area (Å²) in [6.45, 7) is 7.45. The van der Waals surface area contributed by atoms with Crippen molar-refractivity contribution in [3.8, 4) is 5.75 Å². The number of para-hydroxylation sites is 1. The third kappa shape index (κ3) is 6.65. The molecule has 2 amide bonds. The van der Waals surface area contributed by atoms with Crippen LogP contribution in [0.4, 0.5) is 5.69 Å². The Labute approximate surface area is 239 Å². The summed E-state index contributed by atoms with van der Waals surface area (Å²) in [6.07, 6.45) is 0.0577. The van der Waals surface area contributed by atoms with E-state index in [1.165, 1.54) is 7.11 Å². The molecule has 2 N–H and O–H groups in total. The standard InChI is InChI=1S/C30H35ClN4O5/c1-30(2,3)40-24(36)13-12-22(26-25(28(32)37)27(39-4)21-10-5-6-11-23(21)33-26)29(38)35-16-14-34(15-17-35)20-9-7-8-19(31)18-20/h5-11,18,22H,12-17H2,1-4H3,(H2,32,37). The molecule has 4 rings (SSSR count). The predicted octanol–water partition coefficient (Wildman–Crippen LogP) is 4.55. The van der Waals surface area contributed by atoms with Crippen molar-refractivity contribution in [1.29, 1.82) is 0 Å². The van der Waals surface area contributed by atoms with E-state index in [0.29, 0.717) is 42.1 Å². The van der Waals surface area contributed by atoms with Crippen LogP contribution in [-0.4, -0.2) is 66.6 Å². The number of amides is 2. The van der Waals surface area contributed by atoms with Crippen LogP contribution < -0.4 is 15.4 Å². The van der Waals surface area contributed by atoms with E-state index in [1.807, 2.05) is 36.4 Å². The number of ether oxygens (including phenoxy) is 2. The van der Waals surface area contributed by atoms with E-state index in [2.05, 4.69) is 4.90 Å². The maximum absolute atomic E-state index is 14.1. The van der Waals surface area contributed by atoms with Gasteiger partial charge in [-0.05, 0) is 57.5 Å². The van der Waals surface area contributed by atoms with Gasteiger partial charge in [0.2, 0.25) is 5.91 Å². The number of halogens is 1. The lowest BCUT2D eigenvalue weighted by atomic mass is 9.91. The molecule has 10 heteroatoms. The molecule has 0 spiro atoms. The fourth-order valence-electron chi connectivity index (χ4n) is 5.01. The number of hydrogen-bond donors (Lipinski definition) is 1. The number of pyridine rings is 1. The number of esters is 1. The highest BCUT2D eigenvalue weighted by Crippen LogP contribution is 2.36. The van der Waals surface area contributed by atoms with Gasteiger partial charge in [0.1, 0.15) is 16.9 Å². The molecule has 0 saturated carbocycles. The molecular weight excluding hydrogens is 532 g/mol. The fraction of sp³-hybridized carbons (Fsp3) is 0.400. The summed E-state index contributed by atoms with van der Waals surface area (Å²) in [4.78, 5) is 48.2. The van der Waals surface area contributed by atoms with Crippen molar-refractivity contribution in [2.45, 2.75) is 45.1 Å². The number of benzene rings is 2. The van der Waals surface area contributed by atoms with Crippen LogP contribution in [0.3, 0.4) is 0 Å². The molecule has 0 aliphatic carbocycles. The van der Waals surface area contributed by atoms with Crippen molar-refractivity contribution in [2.75, 3.05) is 38.2 Å². The number of fused-ring (bicyclic) bond motifs is 1. The summed E-state index contributed by atoms with van der Waals surface area (Å²) >= 11 is 6.18. The van der Waals surface area contributed by atoms with Crippen LogP contribution in [0.5, 0.6) is 5.75 Å². The van der Waals surface area contributed by atoms with Gasteiger partial charge < -0.3 is 25.0 Å². The number of piperazine rings is 1. The zero-order chi connectivity index (χ0) is 29.0. The lowest BCUT2D eigenvalue weighted by molar-refractivity contribution is -0.155. The van der Waals surface area contributed by atoms with Gasteiger partial charge >= 0.3 is 5.97 Å². The van der Waals surface area contributed by atoms with E-state index < -0.39 is 23.4 Å². The van der Waals surface area contributed by atoms with Crippen LogP contribution >= 0.6 is 11.6 Å². The number of methoxy groups -OCH3 is 1. The highest BCUT2D eigenvalue weighted by Gasteiger charge is 2.35. The van der Waals surface area contributed by atoms with Crippen molar-refractivity contribution < 1.29 is 23.9 Å². The third-order valence-electron chi connectivity index (χ3n) is 6.77. The van der Waals surface area contributed by atoms with E-state index in [1.54, 1.807) is 37.8 Å².